The SMILES string of the molecule is CC1CCC(O)(CNCCCN(C)C)CC1. The van der Waals surface area contributed by atoms with Crippen molar-refractivity contribution in [2.75, 3.05) is 33.7 Å². The molecule has 2 N–H and O–H groups in total. The van der Waals surface area contributed by atoms with Crippen LogP contribution in [0.2, 0.25) is 0 Å². The third kappa shape index (κ3) is 5.28. The molecule has 1 saturated carbocycles. The minimum Gasteiger partial charge on any atom is -0.389 e. The second-order valence-corrected chi connectivity index (χ2v) is 5.74. The molecule has 0 unspecified atom stereocenters. The second kappa shape index (κ2) is 6.58. The van der Waals surface area contributed by atoms with Gasteiger partial charge in [0.15, 0.2) is 0 Å². The van der Waals surface area contributed by atoms with Crippen molar-refractivity contribution in [1.29, 1.82) is 0 Å². The average Bonchev–Trinajstić information content (AvgIpc) is 2.22. The van der Waals surface area contributed by atoms with Crippen molar-refractivity contribution in [2.24, 2.45) is 5.92 Å². The molecule has 0 bridgehead atoms. The molecule has 1 fully saturated rings. The maximum absolute atomic E-state index is 10.3. The summed E-state index contributed by atoms with van der Waals surface area (Å²) in [5.74, 6) is 0.800. The summed E-state index contributed by atoms with van der Waals surface area (Å²) >= 11 is 0. The lowest BCUT2D eigenvalue weighted by molar-refractivity contribution is -0.00599. The zero-order valence-electron chi connectivity index (χ0n) is 11.1. The van der Waals surface area contributed by atoms with Crippen molar-refractivity contribution in [2.45, 2.75) is 44.6 Å². The Bertz CT molecular complexity index is 186. The van der Waals surface area contributed by atoms with Crippen LogP contribution in [0.4, 0.5) is 0 Å². The maximum Gasteiger partial charge on any atom is 0.0771 e. The Morgan fingerprint density at radius 3 is 2.50 bits per heavy atom. The summed E-state index contributed by atoms with van der Waals surface area (Å²) in [6.45, 7) is 5.18. The Kier molecular flexibility index (Phi) is 5.73. The van der Waals surface area contributed by atoms with Crippen molar-refractivity contribution < 1.29 is 5.11 Å². The van der Waals surface area contributed by atoms with E-state index < -0.39 is 5.60 Å². The lowest BCUT2D eigenvalue weighted by Crippen LogP contribution is -2.43. The highest BCUT2D eigenvalue weighted by atomic mass is 16.3. The predicted molar refractivity (Wildman–Crippen MR) is 68.6 cm³/mol. The largest absolute Gasteiger partial charge is 0.389 e. The Labute approximate surface area is 100 Å². The van der Waals surface area contributed by atoms with Gasteiger partial charge in [0.25, 0.3) is 0 Å². The summed E-state index contributed by atoms with van der Waals surface area (Å²) in [5.41, 5.74) is -0.426. The first-order valence-corrected chi connectivity index (χ1v) is 6.60. The van der Waals surface area contributed by atoms with Crippen molar-refractivity contribution >= 4 is 0 Å². The van der Waals surface area contributed by atoms with Crippen LogP contribution in [0, 0.1) is 5.92 Å². The fraction of sp³-hybridized carbons (Fsp3) is 1.00. The van der Waals surface area contributed by atoms with Crippen LogP contribution in [0.1, 0.15) is 39.0 Å². The maximum atomic E-state index is 10.3. The first-order chi connectivity index (χ1) is 7.52. The van der Waals surface area contributed by atoms with E-state index in [9.17, 15) is 5.11 Å². The molecule has 0 amide bonds. The van der Waals surface area contributed by atoms with Gasteiger partial charge in [0.05, 0.1) is 5.60 Å². The van der Waals surface area contributed by atoms with Gasteiger partial charge in [-0.2, -0.15) is 0 Å². The zero-order chi connectivity index (χ0) is 12.0. The van der Waals surface area contributed by atoms with E-state index in [-0.39, 0.29) is 0 Å². The summed E-state index contributed by atoms with van der Waals surface area (Å²) in [6, 6.07) is 0. The van der Waals surface area contributed by atoms with Gasteiger partial charge in [-0.25, -0.2) is 0 Å². The summed E-state index contributed by atoms with van der Waals surface area (Å²) < 4.78 is 0. The molecule has 0 atom stereocenters. The van der Waals surface area contributed by atoms with Gasteiger partial charge in [-0.05, 0) is 65.2 Å². The first kappa shape index (κ1) is 13.9. The molecule has 0 aliphatic heterocycles. The zero-order valence-corrected chi connectivity index (χ0v) is 11.1. The lowest BCUT2D eigenvalue weighted by Gasteiger charge is -2.35. The number of nitrogens with zero attached hydrogens (tertiary/aromatic N) is 1. The highest BCUT2D eigenvalue weighted by Crippen LogP contribution is 2.31. The molecule has 16 heavy (non-hydrogen) atoms. The minimum absolute atomic E-state index is 0.426. The highest BCUT2D eigenvalue weighted by molar-refractivity contribution is 4.86. The third-order valence-electron chi connectivity index (χ3n) is 3.62. The number of aliphatic hydroxyl groups is 1. The number of nitrogens with one attached hydrogen (secondary N) is 1. The molecule has 0 spiro atoms. The van der Waals surface area contributed by atoms with Crippen LogP contribution in [0.15, 0.2) is 0 Å². The molecule has 0 aromatic rings. The number of rotatable bonds is 6. The normalized spacial score (nSPS) is 30.9. The molecule has 3 nitrogen and oxygen atoms in total. The monoisotopic (exact) mass is 228 g/mol. The molecule has 1 rings (SSSR count). The molecule has 0 saturated heterocycles. The van der Waals surface area contributed by atoms with E-state index in [2.05, 4.69) is 31.2 Å². The quantitative estimate of drug-likeness (QED) is 0.676. The number of hydrogen-bond acceptors (Lipinski definition) is 3. The van der Waals surface area contributed by atoms with Crippen LogP contribution >= 0.6 is 0 Å². The van der Waals surface area contributed by atoms with E-state index in [4.69, 9.17) is 0 Å². The van der Waals surface area contributed by atoms with Crippen LogP contribution in [-0.4, -0.2) is 49.3 Å². The lowest BCUT2D eigenvalue weighted by atomic mass is 9.79. The Morgan fingerprint density at radius 2 is 1.94 bits per heavy atom. The fourth-order valence-electron chi connectivity index (χ4n) is 2.32. The molecule has 1 aliphatic rings. The minimum atomic E-state index is -0.426. The van der Waals surface area contributed by atoms with E-state index >= 15 is 0 Å². The number of hydrogen-bond donors (Lipinski definition) is 2. The molecular weight excluding hydrogens is 200 g/mol. The first-order valence-electron chi connectivity index (χ1n) is 6.60. The van der Waals surface area contributed by atoms with Gasteiger partial charge in [-0.15, -0.1) is 0 Å². The molecule has 0 heterocycles. The molecule has 0 radical (unpaired) electrons. The van der Waals surface area contributed by atoms with Gasteiger partial charge < -0.3 is 15.3 Å². The molecule has 3 heteroatoms. The summed E-state index contributed by atoms with van der Waals surface area (Å²) in [6.07, 6.45) is 5.44. The molecule has 0 aromatic heterocycles. The standard InChI is InChI=1S/C13H28N2O/c1-12-5-7-13(16,8-6-12)11-14-9-4-10-15(2)3/h12,14,16H,4-11H2,1-3H3. The van der Waals surface area contributed by atoms with Crippen molar-refractivity contribution in [3.63, 3.8) is 0 Å². The van der Waals surface area contributed by atoms with Crippen molar-refractivity contribution in [3.05, 3.63) is 0 Å². The van der Waals surface area contributed by atoms with Crippen LogP contribution < -0.4 is 5.32 Å². The van der Waals surface area contributed by atoms with Crippen molar-refractivity contribution in [1.82, 2.24) is 10.2 Å². The molecular formula is C13H28N2O. The van der Waals surface area contributed by atoms with E-state index in [1.165, 1.54) is 12.8 Å². The van der Waals surface area contributed by atoms with E-state index in [0.717, 1.165) is 44.8 Å². The fourth-order valence-corrected chi connectivity index (χ4v) is 2.32. The molecule has 96 valence electrons. The van der Waals surface area contributed by atoms with E-state index in [1.807, 2.05) is 0 Å². The van der Waals surface area contributed by atoms with Crippen LogP contribution in [0.3, 0.4) is 0 Å². The van der Waals surface area contributed by atoms with Crippen LogP contribution in [0.5, 0.6) is 0 Å². The Hall–Kier alpha value is -0.120. The Morgan fingerprint density at radius 1 is 1.31 bits per heavy atom. The van der Waals surface area contributed by atoms with E-state index in [1.54, 1.807) is 0 Å². The van der Waals surface area contributed by atoms with Gasteiger partial charge in [0.2, 0.25) is 0 Å². The van der Waals surface area contributed by atoms with Gasteiger partial charge in [0.1, 0.15) is 0 Å². The van der Waals surface area contributed by atoms with Crippen LogP contribution in [-0.2, 0) is 0 Å². The summed E-state index contributed by atoms with van der Waals surface area (Å²) in [5, 5.41) is 13.7. The third-order valence-corrected chi connectivity index (χ3v) is 3.62. The van der Waals surface area contributed by atoms with Gasteiger partial charge in [-0.1, -0.05) is 6.92 Å². The summed E-state index contributed by atoms with van der Waals surface area (Å²) in [7, 11) is 4.19. The smallest absolute Gasteiger partial charge is 0.0771 e. The average molecular weight is 228 g/mol. The van der Waals surface area contributed by atoms with Gasteiger partial charge >= 0.3 is 0 Å². The second-order valence-electron chi connectivity index (χ2n) is 5.74. The van der Waals surface area contributed by atoms with Crippen LogP contribution in [0.25, 0.3) is 0 Å². The molecule has 0 aromatic carbocycles. The highest BCUT2D eigenvalue weighted by Gasteiger charge is 2.30. The van der Waals surface area contributed by atoms with E-state index in [0.29, 0.717) is 0 Å². The predicted octanol–water partition coefficient (Wildman–Crippen LogP) is 1.47. The van der Waals surface area contributed by atoms with Gasteiger partial charge in [-0.3, -0.25) is 0 Å². The van der Waals surface area contributed by atoms with Gasteiger partial charge in [0, 0.05) is 6.54 Å². The van der Waals surface area contributed by atoms with Crippen molar-refractivity contribution in [3.8, 4) is 0 Å². The summed E-state index contributed by atoms with van der Waals surface area (Å²) in [4.78, 5) is 2.19. The Balaban J connectivity index is 2.07. The molecule has 1 aliphatic carbocycles. The topological polar surface area (TPSA) is 35.5 Å².